The highest BCUT2D eigenvalue weighted by atomic mass is 127. The maximum absolute atomic E-state index is 5.34. The van der Waals surface area contributed by atoms with Gasteiger partial charge in [0.1, 0.15) is 0 Å². The van der Waals surface area contributed by atoms with Crippen LogP contribution in [0.1, 0.15) is 31.2 Å². The van der Waals surface area contributed by atoms with Crippen molar-refractivity contribution in [3.8, 4) is 0 Å². The van der Waals surface area contributed by atoms with Crippen molar-refractivity contribution in [2.24, 2.45) is 4.99 Å². The average Bonchev–Trinajstić information content (AvgIpc) is 3.00. The lowest BCUT2D eigenvalue weighted by molar-refractivity contribution is 0.116. The number of rotatable bonds is 5. The Labute approximate surface area is 162 Å². The number of aromatic nitrogens is 1. The summed E-state index contributed by atoms with van der Waals surface area (Å²) in [6.45, 7) is 8.96. The predicted octanol–water partition coefficient (Wildman–Crippen LogP) is 1.33. The standard InChI is InChI=1S/C16H30N6O.HI/c1-12(2)15-8-14(23-20-15)10-19-16(17-3)18-9-13-11-21(4)6-7-22(13)5;/h8,12-13H,6-7,9-11H2,1-5H3,(H2,17,18,19);1H. The van der Waals surface area contributed by atoms with Crippen LogP contribution in [0.5, 0.6) is 0 Å². The van der Waals surface area contributed by atoms with Crippen LogP contribution >= 0.6 is 24.0 Å². The molecule has 0 spiro atoms. The molecule has 0 aromatic carbocycles. The molecule has 2 N–H and O–H groups in total. The number of piperazine rings is 1. The summed E-state index contributed by atoms with van der Waals surface area (Å²) >= 11 is 0. The topological polar surface area (TPSA) is 68.9 Å². The van der Waals surface area contributed by atoms with Crippen LogP contribution in [0, 0.1) is 0 Å². The van der Waals surface area contributed by atoms with Crippen LogP contribution in [0.4, 0.5) is 0 Å². The fourth-order valence-electron chi connectivity index (χ4n) is 2.61. The molecule has 0 bridgehead atoms. The van der Waals surface area contributed by atoms with Crippen molar-refractivity contribution in [1.82, 2.24) is 25.6 Å². The van der Waals surface area contributed by atoms with Gasteiger partial charge >= 0.3 is 0 Å². The Hall–Kier alpha value is -0.870. The van der Waals surface area contributed by atoms with Gasteiger partial charge in [0.2, 0.25) is 0 Å². The van der Waals surface area contributed by atoms with E-state index in [1.807, 2.05) is 6.07 Å². The van der Waals surface area contributed by atoms with Gasteiger partial charge < -0.3 is 20.1 Å². The van der Waals surface area contributed by atoms with Crippen molar-refractivity contribution in [1.29, 1.82) is 0 Å². The smallest absolute Gasteiger partial charge is 0.191 e. The molecule has 1 atom stereocenters. The number of hydrogen-bond donors (Lipinski definition) is 2. The van der Waals surface area contributed by atoms with E-state index in [2.05, 4.69) is 58.5 Å². The van der Waals surface area contributed by atoms with Crippen molar-refractivity contribution in [3.63, 3.8) is 0 Å². The normalized spacial score (nSPS) is 20.1. The highest BCUT2D eigenvalue weighted by Gasteiger charge is 2.22. The molecule has 1 aromatic rings. The number of hydrogen-bond acceptors (Lipinski definition) is 5. The Kier molecular flexibility index (Phi) is 8.99. The second-order valence-electron chi connectivity index (χ2n) is 6.58. The molecule has 1 fully saturated rings. The Bertz CT molecular complexity index is 518. The van der Waals surface area contributed by atoms with Crippen LogP contribution in [0.3, 0.4) is 0 Å². The van der Waals surface area contributed by atoms with E-state index in [0.717, 1.165) is 43.6 Å². The van der Waals surface area contributed by atoms with Crippen LogP contribution < -0.4 is 10.6 Å². The number of nitrogens with one attached hydrogen (secondary N) is 2. The summed E-state index contributed by atoms with van der Waals surface area (Å²) in [4.78, 5) is 9.03. The number of guanidine groups is 1. The molecule has 0 aliphatic carbocycles. The minimum absolute atomic E-state index is 0. The molecule has 1 aliphatic rings. The molecule has 7 nitrogen and oxygen atoms in total. The molecule has 0 amide bonds. The fraction of sp³-hybridized carbons (Fsp3) is 0.750. The van der Waals surface area contributed by atoms with E-state index >= 15 is 0 Å². The van der Waals surface area contributed by atoms with Crippen LogP contribution in [0.15, 0.2) is 15.6 Å². The number of nitrogens with zero attached hydrogens (tertiary/aromatic N) is 4. The largest absolute Gasteiger partial charge is 0.359 e. The first kappa shape index (κ1) is 21.2. The molecule has 8 heteroatoms. The summed E-state index contributed by atoms with van der Waals surface area (Å²) in [5.74, 6) is 1.99. The van der Waals surface area contributed by atoms with Crippen molar-refractivity contribution in [3.05, 3.63) is 17.5 Å². The molecule has 0 radical (unpaired) electrons. The third-order valence-corrected chi connectivity index (χ3v) is 4.31. The highest BCUT2D eigenvalue weighted by Crippen LogP contribution is 2.13. The van der Waals surface area contributed by atoms with Gasteiger partial charge in [0, 0.05) is 45.3 Å². The van der Waals surface area contributed by atoms with Gasteiger partial charge in [0.15, 0.2) is 11.7 Å². The van der Waals surface area contributed by atoms with E-state index in [-0.39, 0.29) is 24.0 Å². The van der Waals surface area contributed by atoms with E-state index in [4.69, 9.17) is 4.52 Å². The molecule has 24 heavy (non-hydrogen) atoms. The van der Waals surface area contributed by atoms with E-state index in [0.29, 0.717) is 18.5 Å². The molecule has 1 saturated heterocycles. The van der Waals surface area contributed by atoms with Gasteiger partial charge in [-0.3, -0.25) is 9.89 Å². The summed E-state index contributed by atoms with van der Waals surface area (Å²) in [5.41, 5.74) is 0.983. The zero-order valence-electron chi connectivity index (χ0n) is 15.4. The molecule has 138 valence electrons. The summed E-state index contributed by atoms with van der Waals surface area (Å²) in [6, 6.07) is 2.49. The molecule has 1 aromatic heterocycles. The van der Waals surface area contributed by atoms with E-state index in [1.54, 1.807) is 7.05 Å². The van der Waals surface area contributed by atoms with Crippen LogP contribution in [0.2, 0.25) is 0 Å². The monoisotopic (exact) mass is 450 g/mol. The van der Waals surface area contributed by atoms with Crippen molar-refractivity contribution >= 4 is 29.9 Å². The van der Waals surface area contributed by atoms with E-state index in [1.165, 1.54) is 0 Å². The summed E-state index contributed by atoms with van der Waals surface area (Å²) in [5, 5.41) is 10.7. The Balaban J connectivity index is 0.00000288. The highest BCUT2D eigenvalue weighted by molar-refractivity contribution is 14.0. The van der Waals surface area contributed by atoms with Crippen LogP contribution in [-0.4, -0.2) is 74.3 Å². The summed E-state index contributed by atoms with van der Waals surface area (Å²) in [6.07, 6.45) is 0. The Morgan fingerprint density at radius 2 is 2.12 bits per heavy atom. The number of likely N-dealkylation sites (N-methyl/N-ethyl adjacent to an activating group) is 2. The molecular formula is C16H31IN6O. The predicted molar refractivity (Wildman–Crippen MR) is 108 cm³/mol. The average molecular weight is 450 g/mol. The summed E-state index contributed by atoms with van der Waals surface area (Å²) < 4.78 is 5.34. The lowest BCUT2D eigenvalue weighted by Crippen LogP contribution is -2.55. The van der Waals surface area contributed by atoms with Gasteiger partial charge in [-0.1, -0.05) is 19.0 Å². The molecule has 1 unspecified atom stereocenters. The van der Waals surface area contributed by atoms with Gasteiger partial charge in [0.05, 0.1) is 12.2 Å². The van der Waals surface area contributed by atoms with Gasteiger partial charge in [-0.25, -0.2) is 0 Å². The Morgan fingerprint density at radius 3 is 2.75 bits per heavy atom. The van der Waals surface area contributed by atoms with Crippen molar-refractivity contribution in [2.45, 2.75) is 32.4 Å². The second kappa shape index (κ2) is 10.2. The molecule has 0 saturated carbocycles. The first-order valence-corrected chi connectivity index (χ1v) is 8.28. The van der Waals surface area contributed by atoms with Crippen LogP contribution in [-0.2, 0) is 6.54 Å². The second-order valence-corrected chi connectivity index (χ2v) is 6.58. The maximum Gasteiger partial charge on any atom is 0.191 e. The zero-order chi connectivity index (χ0) is 16.8. The lowest BCUT2D eigenvalue weighted by Gasteiger charge is -2.37. The van der Waals surface area contributed by atoms with Crippen molar-refractivity contribution < 1.29 is 4.52 Å². The lowest BCUT2D eigenvalue weighted by atomic mass is 10.1. The van der Waals surface area contributed by atoms with Gasteiger partial charge in [-0.15, -0.1) is 24.0 Å². The fourth-order valence-corrected chi connectivity index (χ4v) is 2.61. The zero-order valence-corrected chi connectivity index (χ0v) is 17.7. The summed E-state index contributed by atoms with van der Waals surface area (Å²) in [7, 11) is 6.13. The van der Waals surface area contributed by atoms with Gasteiger partial charge in [0.25, 0.3) is 0 Å². The Morgan fingerprint density at radius 1 is 1.38 bits per heavy atom. The van der Waals surface area contributed by atoms with Gasteiger partial charge in [-0.05, 0) is 20.0 Å². The first-order valence-electron chi connectivity index (χ1n) is 8.28. The molecular weight excluding hydrogens is 419 g/mol. The van der Waals surface area contributed by atoms with Gasteiger partial charge in [-0.2, -0.15) is 0 Å². The minimum Gasteiger partial charge on any atom is -0.359 e. The third kappa shape index (κ3) is 6.21. The van der Waals surface area contributed by atoms with Crippen LogP contribution in [0.25, 0.3) is 0 Å². The number of aliphatic imine (C=N–C) groups is 1. The first-order chi connectivity index (χ1) is 11.0. The van der Waals surface area contributed by atoms with E-state index < -0.39 is 0 Å². The molecule has 1 aliphatic heterocycles. The molecule has 2 rings (SSSR count). The van der Waals surface area contributed by atoms with E-state index in [9.17, 15) is 0 Å². The molecule has 2 heterocycles. The van der Waals surface area contributed by atoms with Crippen molar-refractivity contribution in [2.75, 3.05) is 47.3 Å². The maximum atomic E-state index is 5.34. The SMILES string of the molecule is CN=C(NCc1cc(C(C)C)no1)NCC1CN(C)CCN1C.I. The quantitative estimate of drug-likeness (QED) is 0.401. The third-order valence-electron chi connectivity index (χ3n) is 4.31. The minimum atomic E-state index is 0. The number of halogens is 1.